The molecule has 0 aromatic heterocycles. The second kappa shape index (κ2) is 9.99. The summed E-state index contributed by atoms with van der Waals surface area (Å²) in [6, 6.07) is 0. The molecule has 0 heterocycles. The Bertz CT molecular complexity index is 274. The Kier molecular flexibility index (Phi) is 8.52. The van der Waals surface area contributed by atoms with Crippen molar-refractivity contribution in [2.24, 2.45) is 11.1 Å². The Morgan fingerprint density at radius 3 is 1.68 bits per heavy atom. The summed E-state index contributed by atoms with van der Waals surface area (Å²) in [6.07, 6.45) is 14.5. The molecule has 1 aliphatic carbocycles. The zero-order valence-corrected chi connectivity index (χ0v) is 12.6. The van der Waals surface area contributed by atoms with E-state index >= 15 is 0 Å². The van der Waals surface area contributed by atoms with Crippen LogP contribution in [0.5, 0.6) is 0 Å². The van der Waals surface area contributed by atoms with Crippen molar-refractivity contribution in [2.45, 2.75) is 84.5 Å². The zero-order chi connectivity index (χ0) is 13.9. The van der Waals surface area contributed by atoms with Crippen molar-refractivity contribution in [1.82, 2.24) is 0 Å². The Labute approximate surface area is 117 Å². The SMILES string of the molecule is CC(=O)O/N=C(/C)C1CCCCCCCCCCC1. The van der Waals surface area contributed by atoms with E-state index in [0.717, 1.165) is 5.71 Å². The van der Waals surface area contributed by atoms with E-state index < -0.39 is 0 Å². The Morgan fingerprint density at radius 1 is 0.842 bits per heavy atom. The lowest BCUT2D eigenvalue weighted by Crippen LogP contribution is -2.13. The van der Waals surface area contributed by atoms with Crippen LogP contribution in [0, 0.1) is 5.92 Å². The molecule has 0 N–H and O–H groups in total. The van der Waals surface area contributed by atoms with E-state index in [1.807, 2.05) is 6.92 Å². The van der Waals surface area contributed by atoms with Crippen LogP contribution in [0.1, 0.15) is 84.5 Å². The van der Waals surface area contributed by atoms with Crippen molar-refractivity contribution in [3.05, 3.63) is 0 Å². The molecule has 0 aliphatic heterocycles. The second-order valence-electron chi connectivity index (χ2n) is 5.77. The van der Waals surface area contributed by atoms with E-state index in [9.17, 15) is 4.79 Å². The van der Waals surface area contributed by atoms with Gasteiger partial charge in [0.1, 0.15) is 0 Å². The van der Waals surface area contributed by atoms with Crippen LogP contribution in [0.15, 0.2) is 5.16 Å². The van der Waals surface area contributed by atoms with E-state index in [4.69, 9.17) is 4.84 Å². The minimum Gasteiger partial charge on any atom is -0.319 e. The van der Waals surface area contributed by atoms with Gasteiger partial charge in [-0.3, -0.25) is 0 Å². The van der Waals surface area contributed by atoms with Gasteiger partial charge in [0, 0.05) is 12.8 Å². The van der Waals surface area contributed by atoms with E-state index in [1.54, 1.807) is 0 Å². The predicted molar refractivity (Wildman–Crippen MR) is 79.2 cm³/mol. The summed E-state index contributed by atoms with van der Waals surface area (Å²) in [5.74, 6) is 0.172. The number of carbonyl (C=O) groups excluding carboxylic acids is 1. The van der Waals surface area contributed by atoms with Gasteiger partial charge in [-0.1, -0.05) is 62.9 Å². The fourth-order valence-electron chi connectivity index (χ4n) is 2.79. The first-order valence-corrected chi connectivity index (χ1v) is 7.92. The first-order chi connectivity index (χ1) is 9.20. The Morgan fingerprint density at radius 2 is 1.26 bits per heavy atom. The largest absolute Gasteiger partial charge is 0.331 e. The summed E-state index contributed by atoms with van der Waals surface area (Å²) in [5, 5.41) is 3.98. The standard InChI is InChI=1S/C16H29NO2/c1-14(17-19-15(2)18)16-12-10-8-6-4-3-5-7-9-11-13-16/h16H,3-13H2,1-2H3/b17-14-. The van der Waals surface area contributed by atoms with Crippen molar-refractivity contribution >= 4 is 11.7 Å². The molecule has 110 valence electrons. The molecule has 0 spiro atoms. The highest BCUT2D eigenvalue weighted by Gasteiger charge is 2.13. The fourth-order valence-corrected chi connectivity index (χ4v) is 2.79. The van der Waals surface area contributed by atoms with Gasteiger partial charge in [0.25, 0.3) is 0 Å². The fraction of sp³-hybridized carbons (Fsp3) is 0.875. The number of carbonyl (C=O) groups is 1. The number of hydrogen-bond donors (Lipinski definition) is 0. The summed E-state index contributed by atoms with van der Waals surface area (Å²) in [4.78, 5) is 15.6. The number of rotatable bonds is 2. The Balaban J connectivity index is 2.45. The van der Waals surface area contributed by atoms with E-state index in [0.29, 0.717) is 5.92 Å². The minimum atomic E-state index is -0.326. The highest BCUT2D eigenvalue weighted by atomic mass is 16.7. The van der Waals surface area contributed by atoms with Crippen molar-refractivity contribution in [1.29, 1.82) is 0 Å². The highest BCUT2D eigenvalue weighted by Crippen LogP contribution is 2.22. The van der Waals surface area contributed by atoms with Crippen molar-refractivity contribution < 1.29 is 9.63 Å². The molecule has 0 amide bonds. The van der Waals surface area contributed by atoms with Crippen LogP contribution in [0.3, 0.4) is 0 Å². The van der Waals surface area contributed by atoms with Gasteiger partial charge in [-0.15, -0.1) is 0 Å². The number of nitrogens with zero attached hydrogens (tertiary/aromatic N) is 1. The monoisotopic (exact) mass is 267 g/mol. The van der Waals surface area contributed by atoms with Gasteiger partial charge in [0.2, 0.25) is 0 Å². The summed E-state index contributed by atoms with van der Waals surface area (Å²) in [7, 11) is 0. The van der Waals surface area contributed by atoms with Crippen LogP contribution in [-0.2, 0) is 9.63 Å². The molecule has 19 heavy (non-hydrogen) atoms. The molecule has 0 bridgehead atoms. The molecule has 1 saturated carbocycles. The maximum atomic E-state index is 10.8. The van der Waals surface area contributed by atoms with Gasteiger partial charge in [0.15, 0.2) is 0 Å². The lowest BCUT2D eigenvalue weighted by molar-refractivity contribution is -0.141. The van der Waals surface area contributed by atoms with Gasteiger partial charge in [-0.2, -0.15) is 0 Å². The normalized spacial score (nSPS) is 21.3. The second-order valence-corrected chi connectivity index (χ2v) is 5.77. The van der Waals surface area contributed by atoms with Crippen molar-refractivity contribution in [3.63, 3.8) is 0 Å². The van der Waals surface area contributed by atoms with Gasteiger partial charge < -0.3 is 4.84 Å². The predicted octanol–water partition coefficient (Wildman–Crippen LogP) is 4.85. The third kappa shape index (κ3) is 8.02. The van der Waals surface area contributed by atoms with E-state index in [1.165, 1.54) is 77.6 Å². The summed E-state index contributed by atoms with van der Waals surface area (Å²) >= 11 is 0. The number of oxime groups is 1. The van der Waals surface area contributed by atoms with Gasteiger partial charge >= 0.3 is 5.97 Å². The summed E-state index contributed by atoms with van der Waals surface area (Å²) in [5.41, 5.74) is 0.993. The quantitative estimate of drug-likeness (QED) is 0.407. The lowest BCUT2D eigenvalue weighted by atomic mass is 9.90. The van der Waals surface area contributed by atoms with E-state index in [-0.39, 0.29) is 5.97 Å². The van der Waals surface area contributed by atoms with Crippen LogP contribution in [-0.4, -0.2) is 11.7 Å². The molecule has 3 heteroatoms. The maximum absolute atomic E-state index is 10.8. The van der Waals surface area contributed by atoms with Gasteiger partial charge in [-0.25, -0.2) is 4.79 Å². The molecule has 0 aromatic carbocycles. The average molecular weight is 267 g/mol. The molecule has 1 aliphatic rings. The van der Waals surface area contributed by atoms with Crippen molar-refractivity contribution in [2.75, 3.05) is 0 Å². The Hall–Kier alpha value is -0.860. The maximum Gasteiger partial charge on any atom is 0.331 e. The molecule has 0 atom stereocenters. The minimum absolute atomic E-state index is 0.326. The first-order valence-electron chi connectivity index (χ1n) is 7.92. The molecule has 0 saturated heterocycles. The first kappa shape index (κ1) is 16.2. The number of hydrogen-bond acceptors (Lipinski definition) is 3. The topological polar surface area (TPSA) is 38.7 Å². The third-order valence-corrected chi connectivity index (χ3v) is 4.01. The molecule has 3 nitrogen and oxygen atoms in total. The van der Waals surface area contributed by atoms with Crippen LogP contribution in [0.2, 0.25) is 0 Å². The van der Waals surface area contributed by atoms with E-state index in [2.05, 4.69) is 5.16 Å². The van der Waals surface area contributed by atoms with Crippen molar-refractivity contribution in [3.8, 4) is 0 Å². The smallest absolute Gasteiger partial charge is 0.319 e. The van der Waals surface area contributed by atoms with Gasteiger partial charge in [-0.05, 0) is 19.8 Å². The molecule has 0 aromatic rings. The molecule has 1 rings (SSSR count). The zero-order valence-electron chi connectivity index (χ0n) is 12.6. The summed E-state index contributed by atoms with van der Waals surface area (Å²) in [6.45, 7) is 3.40. The third-order valence-electron chi connectivity index (χ3n) is 4.01. The average Bonchev–Trinajstić information content (AvgIpc) is 2.36. The molecule has 0 radical (unpaired) electrons. The van der Waals surface area contributed by atoms with Gasteiger partial charge in [0.05, 0.1) is 5.71 Å². The molecular formula is C16H29NO2. The molecular weight excluding hydrogens is 238 g/mol. The van der Waals surface area contributed by atoms with Crippen LogP contribution in [0.4, 0.5) is 0 Å². The highest BCUT2D eigenvalue weighted by molar-refractivity contribution is 5.84. The van der Waals surface area contributed by atoms with Crippen LogP contribution in [0.25, 0.3) is 0 Å². The molecule has 1 fully saturated rings. The van der Waals surface area contributed by atoms with Crippen LogP contribution >= 0.6 is 0 Å². The van der Waals surface area contributed by atoms with Crippen LogP contribution < -0.4 is 0 Å². The lowest BCUT2D eigenvalue weighted by Gasteiger charge is -2.17. The molecule has 0 unspecified atom stereocenters. The summed E-state index contributed by atoms with van der Waals surface area (Å²) < 4.78 is 0.